The first-order chi connectivity index (χ1) is 6.51. The maximum Gasteiger partial charge on any atom is 0.328 e. The number of alkyl halides is 1. The molecule has 2 unspecified atom stereocenters. The van der Waals surface area contributed by atoms with Gasteiger partial charge in [0.2, 0.25) is 0 Å². The van der Waals surface area contributed by atoms with Gasteiger partial charge >= 0.3 is 15.2 Å². The predicted molar refractivity (Wildman–Crippen MR) is 54.1 cm³/mol. The summed E-state index contributed by atoms with van der Waals surface area (Å²) in [5, 5.41) is 8.08. The van der Waals surface area contributed by atoms with E-state index in [0.29, 0.717) is 0 Å². The van der Waals surface area contributed by atoms with Crippen molar-refractivity contribution in [1.29, 1.82) is 0 Å². The minimum absolute atomic E-state index is 0.215. The van der Waals surface area contributed by atoms with Gasteiger partial charge in [-0.1, -0.05) is 0 Å². The van der Waals surface area contributed by atoms with Gasteiger partial charge in [0.1, 0.15) is 0 Å². The third kappa shape index (κ3) is 9.48. The zero-order chi connectivity index (χ0) is 12.3. The van der Waals surface area contributed by atoms with Crippen molar-refractivity contribution < 1.29 is 33.8 Å². The van der Waals surface area contributed by atoms with Crippen LogP contribution in [-0.2, 0) is 9.13 Å². The molecule has 92 valence electrons. The van der Waals surface area contributed by atoms with Gasteiger partial charge in [-0.3, -0.25) is 9.13 Å². The molecule has 15 heavy (non-hydrogen) atoms. The monoisotopic (exact) mass is 282 g/mol. The van der Waals surface area contributed by atoms with E-state index in [2.05, 4.69) is 0 Å². The summed E-state index contributed by atoms with van der Waals surface area (Å²) < 4.78 is 20.9. The van der Waals surface area contributed by atoms with Gasteiger partial charge in [-0.15, -0.1) is 11.6 Å². The summed E-state index contributed by atoms with van der Waals surface area (Å²) in [4.78, 5) is 34.0. The lowest BCUT2D eigenvalue weighted by Gasteiger charge is -2.17. The Hall–Kier alpha value is 0.550. The molecule has 0 aromatic heterocycles. The number of aliphatic hydroxyl groups excluding tert-OH is 1. The Morgan fingerprint density at radius 2 is 1.53 bits per heavy atom. The zero-order valence-electron chi connectivity index (χ0n) is 7.60. The molecule has 0 aliphatic heterocycles. The normalized spacial score (nSPS) is 17.5. The van der Waals surface area contributed by atoms with Crippen molar-refractivity contribution in [2.45, 2.75) is 17.9 Å². The fourth-order valence-electron chi connectivity index (χ4n) is 0.842. The van der Waals surface area contributed by atoms with Crippen molar-refractivity contribution in [2.75, 3.05) is 12.3 Å². The first-order valence-electron chi connectivity index (χ1n) is 3.92. The lowest BCUT2D eigenvalue weighted by molar-refractivity contribution is 0.181. The number of hydrogen-bond acceptors (Lipinski definition) is 3. The standard InChI is InChI=1S/C5H13ClO7P2/c6-4(1-2-14(8,9)10)5(7)3-15(11,12)13/h4-5,7H,1-3H2,(H2,8,9,10)(H2,11,12,13). The summed E-state index contributed by atoms with van der Waals surface area (Å²) in [5.74, 6) is 0. The van der Waals surface area contributed by atoms with Gasteiger partial charge in [0.25, 0.3) is 0 Å². The molecule has 0 heterocycles. The predicted octanol–water partition coefficient (Wildman–Crippen LogP) is -0.300. The van der Waals surface area contributed by atoms with Gasteiger partial charge < -0.3 is 24.7 Å². The van der Waals surface area contributed by atoms with Crippen LogP contribution in [0.5, 0.6) is 0 Å². The average molecular weight is 283 g/mol. The van der Waals surface area contributed by atoms with Crippen LogP contribution in [0.1, 0.15) is 6.42 Å². The second-order valence-electron chi connectivity index (χ2n) is 3.11. The molecule has 0 saturated carbocycles. The van der Waals surface area contributed by atoms with Gasteiger partial charge in [-0.2, -0.15) is 0 Å². The molecule has 0 aliphatic rings. The Balaban J connectivity index is 4.06. The van der Waals surface area contributed by atoms with E-state index in [9.17, 15) is 14.2 Å². The molecule has 0 aromatic rings. The first kappa shape index (κ1) is 15.6. The number of halogens is 1. The quantitative estimate of drug-likeness (QED) is 0.333. The highest BCUT2D eigenvalue weighted by molar-refractivity contribution is 7.52. The fourth-order valence-corrected chi connectivity index (χ4v) is 2.67. The third-order valence-corrected chi connectivity index (χ3v) is 3.74. The molecule has 0 radical (unpaired) electrons. The van der Waals surface area contributed by atoms with Gasteiger partial charge in [-0.05, 0) is 6.42 Å². The van der Waals surface area contributed by atoms with Gasteiger partial charge in [0.15, 0.2) is 0 Å². The summed E-state index contributed by atoms with van der Waals surface area (Å²) in [5.41, 5.74) is 0. The minimum Gasteiger partial charge on any atom is -0.391 e. The van der Waals surface area contributed by atoms with Gasteiger partial charge in [0, 0.05) is 0 Å². The second-order valence-corrected chi connectivity index (χ2v) is 7.14. The van der Waals surface area contributed by atoms with Crippen LogP contribution in [-0.4, -0.2) is 48.5 Å². The molecule has 10 heteroatoms. The van der Waals surface area contributed by atoms with Crippen LogP contribution < -0.4 is 0 Å². The summed E-state index contributed by atoms with van der Waals surface area (Å²) in [6, 6.07) is 0. The minimum atomic E-state index is -4.37. The SMILES string of the molecule is O=P(O)(O)CCC(Cl)C(O)CP(=O)(O)O. The van der Waals surface area contributed by atoms with Crippen LogP contribution in [0.4, 0.5) is 0 Å². The van der Waals surface area contributed by atoms with Crippen molar-refractivity contribution in [1.82, 2.24) is 0 Å². The van der Waals surface area contributed by atoms with Crippen LogP contribution in [0.3, 0.4) is 0 Å². The zero-order valence-corrected chi connectivity index (χ0v) is 10.1. The van der Waals surface area contributed by atoms with Crippen molar-refractivity contribution in [3.63, 3.8) is 0 Å². The molecule has 0 aromatic carbocycles. The molecule has 0 fully saturated rings. The third-order valence-electron chi connectivity index (χ3n) is 1.54. The van der Waals surface area contributed by atoms with Crippen molar-refractivity contribution >= 4 is 26.8 Å². The van der Waals surface area contributed by atoms with E-state index in [1.807, 2.05) is 0 Å². The Morgan fingerprint density at radius 1 is 1.07 bits per heavy atom. The highest BCUT2D eigenvalue weighted by atomic mass is 35.5. The molecular weight excluding hydrogens is 269 g/mol. The molecule has 5 N–H and O–H groups in total. The molecule has 0 bridgehead atoms. The summed E-state index contributed by atoms with van der Waals surface area (Å²) >= 11 is 5.51. The largest absolute Gasteiger partial charge is 0.391 e. The number of aliphatic hydroxyl groups is 1. The first-order valence-corrected chi connectivity index (χ1v) is 7.96. The van der Waals surface area contributed by atoms with E-state index in [4.69, 9.17) is 31.2 Å². The second kappa shape index (κ2) is 5.75. The Morgan fingerprint density at radius 3 is 1.87 bits per heavy atom. The smallest absolute Gasteiger partial charge is 0.328 e. The van der Waals surface area contributed by atoms with Crippen molar-refractivity contribution in [3.8, 4) is 0 Å². The van der Waals surface area contributed by atoms with Crippen LogP contribution >= 0.6 is 26.8 Å². The molecule has 0 spiro atoms. The average Bonchev–Trinajstić information content (AvgIpc) is 1.95. The van der Waals surface area contributed by atoms with Crippen LogP contribution in [0, 0.1) is 0 Å². The van der Waals surface area contributed by atoms with E-state index in [1.54, 1.807) is 0 Å². The number of rotatable bonds is 6. The molecule has 0 rings (SSSR count). The molecule has 2 atom stereocenters. The van der Waals surface area contributed by atoms with E-state index >= 15 is 0 Å². The van der Waals surface area contributed by atoms with E-state index in [0.717, 1.165) is 0 Å². The van der Waals surface area contributed by atoms with Crippen LogP contribution in [0.15, 0.2) is 0 Å². The van der Waals surface area contributed by atoms with Crippen molar-refractivity contribution in [2.24, 2.45) is 0 Å². The van der Waals surface area contributed by atoms with Crippen LogP contribution in [0.2, 0.25) is 0 Å². The Bertz CT molecular complexity index is 283. The molecule has 7 nitrogen and oxygen atoms in total. The summed E-state index contributed by atoms with van der Waals surface area (Å²) in [6.07, 6.45) is -3.05. The molecule has 0 amide bonds. The van der Waals surface area contributed by atoms with E-state index in [1.165, 1.54) is 0 Å². The van der Waals surface area contributed by atoms with Gasteiger partial charge in [-0.25, -0.2) is 0 Å². The fraction of sp³-hybridized carbons (Fsp3) is 1.00. The maximum atomic E-state index is 10.5. The topological polar surface area (TPSA) is 135 Å². The summed E-state index contributed by atoms with van der Waals surface area (Å²) in [7, 11) is -8.57. The molecular formula is C5H13ClO7P2. The molecule has 0 aliphatic carbocycles. The maximum absolute atomic E-state index is 10.5. The lowest BCUT2D eigenvalue weighted by atomic mass is 10.2. The number of hydrogen-bond donors (Lipinski definition) is 5. The van der Waals surface area contributed by atoms with Crippen LogP contribution in [0.25, 0.3) is 0 Å². The lowest BCUT2D eigenvalue weighted by Crippen LogP contribution is -2.25. The van der Waals surface area contributed by atoms with Gasteiger partial charge in [0.05, 0.1) is 23.8 Å². The van der Waals surface area contributed by atoms with Crippen molar-refractivity contribution in [3.05, 3.63) is 0 Å². The Labute approximate surface area is 91.4 Å². The Kier molecular flexibility index (Phi) is 5.96. The molecule has 0 saturated heterocycles. The van der Waals surface area contributed by atoms with E-state index < -0.39 is 39.0 Å². The highest BCUT2D eigenvalue weighted by Gasteiger charge is 2.27. The van der Waals surface area contributed by atoms with E-state index in [-0.39, 0.29) is 6.42 Å². The highest BCUT2D eigenvalue weighted by Crippen LogP contribution is 2.39. The summed E-state index contributed by atoms with van der Waals surface area (Å²) in [6.45, 7) is 0.